The van der Waals surface area contributed by atoms with Crippen LogP contribution in [0.2, 0.25) is 0 Å². The zero-order valence-corrected chi connectivity index (χ0v) is 11.2. The molecule has 0 amide bonds. The summed E-state index contributed by atoms with van der Waals surface area (Å²) in [6, 6.07) is 4.59. The van der Waals surface area contributed by atoms with Crippen LogP contribution in [0.1, 0.15) is 26.3 Å². The highest BCUT2D eigenvalue weighted by atomic mass is 16.5. The van der Waals surface area contributed by atoms with Crippen molar-refractivity contribution in [3.05, 3.63) is 23.9 Å². The number of methoxy groups -OCH3 is 1. The van der Waals surface area contributed by atoms with Gasteiger partial charge in [-0.15, -0.1) is 0 Å². The Bertz CT molecular complexity index is 328. The van der Waals surface area contributed by atoms with Crippen molar-refractivity contribution in [3.63, 3.8) is 0 Å². The lowest BCUT2D eigenvalue weighted by Crippen LogP contribution is -2.22. The van der Waals surface area contributed by atoms with Crippen LogP contribution in [0.5, 0.6) is 0 Å². The summed E-state index contributed by atoms with van der Waals surface area (Å²) in [5, 5.41) is 6.64. The number of ether oxygens (including phenoxy) is 1. The molecule has 0 aromatic carbocycles. The third-order valence-corrected chi connectivity index (χ3v) is 2.51. The van der Waals surface area contributed by atoms with E-state index in [9.17, 15) is 0 Å². The van der Waals surface area contributed by atoms with E-state index in [-0.39, 0.29) is 6.10 Å². The number of hydrogen-bond acceptors (Lipinski definition) is 4. The number of aromatic nitrogens is 1. The Hall–Kier alpha value is -1.13. The molecule has 0 fully saturated rings. The van der Waals surface area contributed by atoms with Gasteiger partial charge in [0.25, 0.3) is 0 Å². The van der Waals surface area contributed by atoms with Gasteiger partial charge in [-0.25, -0.2) is 4.98 Å². The molecular formula is C13H23N3O. The molecule has 1 aromatic rings. The van der Waals surface area contributed by atoms with Gasteiger partial charge in [-0.1, -0.05) is 13.8 Å². The Morgan fingerprint density at radius 2 is 2.12 bits per heavy atom. The van der Waals surface area contributed by atoms with E-state index in [2.05, 4.69) is 35.5 Å². The average Bonchev–Trinajstić information content (AvgIpc) is 2.34. The van der Waals surface area contributed by atoms with E-state index in [4.69, 9.17) is 4.74 Å². The van der Waals surface area contributed by atoms with Crippen molar-refractivity contribution in [2.24, 2.45) is 0 Å². The molecule has 96 valence electrons. The van der Waals surface area contributed by atoms with Gasteiger partial charge < -0.3 is 15.4 Å². The summed E-state index contributed by atoms with van der Waals surface area (Å²) in [5.41, 5.74) is 1.24. The van der Waals surface area contributed by atoms with E-state index in [1.54, 1.807) is 7.11 Å². The van der Waals surface area contributed by atoms with Crippen molar-refractivity contribution < 1.29 is 4.74 Å². The molecule has 1 aromatic heterocycles. The first-order chi connectivity index (χ1) is 8.11. The molecular weight excluding hydrogens is 214 g/mol. The Kier molecular flexibility index (Phi) is 5.94. The van der Waals surface area contributed by atoms with Gasteiger partial charge in [0.05, 0.1) is 6.10 Å². The Morgan fingerprint density at radius 1 is 1.35 bits per heavy atom. The molecule has 1 unspecified atom stereocenters. The third-order valence-electron chi connectivity index (χ3n) is 2.51. The lowest BCUT2D eigenvalue weighted by Gasteiger charge is -2.12. The maximum Gasteiger partial charge on any atom is 0.126 e. The average molecular weight is 237 g/mol. The number of nitrogens with zero attached hydrogens (tertiary/aromatic N) is 1. The minimum absolute atomic E-state index is 0.189. The zero-order chi connectivity index (χ0) is 12.7. The van der Waals surface area contributed by atoms with Crippen LogP contribution in [0.3, 0.4) is 0 Å². The van der Waals surface area contributed by atoms with E-state index < -0.39 is 0 Å². The second-order valence-corrected chi connectivity index (χ2v) is 4.51. The van der Waals surface area contributed by atoms with Crippen LogP contribution in [-0.2, 0) is 11.3 Å². The molecule has 4 nitrogen and oxygen atoms in total. The summed E-state index contributed by atoms with van der Waals surface area (Å²) in [6.07, 6.45) is 2.02. The van der Waals surface area contributed by atoms with Gasteiger partial charge in [0.15, 0.2) is 0 Å². The van der Waals surface area contributed by atoms with Crippen molar-refractivity contribution in [3.8, 4) is 0 Å². The van der Waals surface area contributed by atoms with Crippen LogP contribution in [0, 0.1) is 0 Å². The molecule has 0 radical (unpaired) electrons. The molecule has 1 rings (SSSR count). The summed E-state index contributed by atoms with van der Waals surface area (Å²) in [7, 11) is 1.71. The first-order valence-electron chi connectivity index (χ1n) is 6.06. The highest BCUT2D eigenvalue weighted by molar-refractivity contribution is 5.37. The molecule has 0 saturated heterocycles. The first-order valence-corrected chi connectivity index (χ1v) is 6.06. The van der Waals surface area contributed by atoms with Gasteiger partial charge in [0.1, 0.15) is 5.82 Å². The zero-order valence-electron chi connectivity index (χ0n) is 11.2. The molecule has 2 N–H and O–H groups in total. The Morgan fingerprint density at radius 3 is 2.76 bits per heavy atom. The molecule has 0 aliphatic rings. The highest BCUT2D eigenvalue weighted by Gasteiger charge is 2.01. The molecule has 17 heavy (non-hydrogen) atoms. The standard InChI is InChI=1S/C13H23N3O/c1-10(2)15-9-12-5-6-14-13(7-12)16-8-11(3)17-4/h5-7,10-11,15H,8-9H2,1-4H3,(H,14,16). The summed E-state index contributed by atoms with van der Waals surface area (Å²) < 4.78 is 5.18. The van der Waals surface area contributed by atoms with E-state index in [0.717, 1.165) is 18.9 Å². The first kappa shape index (κ1) is 13.9. The quantitative estimate of drug-likeness (QED) is 0.761. The predicted octanol–water partition coefficient (Wildman–Crippen LogP) is 2.03. The smallest absolute Gasteiger partial charge is 0.126 e. The van der Waals surface area contributed by atoms with Crippen molar-refractivity contribution in [2.45, 2.75) is 39.5 Å². The normalized spacial score (nSPS) is 12.8. The molecule has 0 bridgehead atoms. The SMILES string of the molecule is COC(C)CNc1cc(CNC(C)C)ccn1. The molecule has 1 heterocycles. The number of nitrogens with one attached hydrogen (secondary N) is 2. The second-order valence-electron chi connectivity index (χ2n) is 4.51. The molecule has 0 aliphatic carbocycles. The van der Waals surface area contributed by atoms with Crippen molar-refractivity contribution in [1.29, 1.82) is 0 Å². The Labute approximate surface area is 104 Å². The minimum Gasteiger partial charge on any atom is -0.380 e. The van der Waals surface area contributed by atoms with E-state index in [1.807, 2.05) is 19.2 Å². The largest absolute Gasteiger partial charge is 0.380 e. The fourth-order valence-corrected chi connectivity index (χ4v) is 1.33. The third kappa shape index (κ3) is 5.65. The van der Waals surface area contributed by atoms with Crippen LogP contribution in [-0.4, -0.2) is 30.8 Å². The number of hydrogen-bond donors (Lipinski definition) is 2. The molecule has 1 atom stereocenters. The maximum atomic E-state index is 5.18. The van der Waals surface area contributed by atoms with Crippen LogP contribution in [0.4, 0.5) is 5.82 Å². The van der Waals surface area contributed by atoms with E-state index in [0.29, 0.717) is 6.04 Å². The summed E-state index contributed by atoms with van der Waals surface area (Å²) >= 11 is 0. The van der Waals surface area contributed by atoms with E-state index in [1.165, 1.54) is 5.56 Å². The van der Waals surface area contributed by atoms with Crippen LogP contribution >= 0.6 is 0 Å². The van der Waals surface area contributed by atoms with Gasteiger partial charge in [-0.05, 0) is 24.6 Å². The van der Waals surface area contributed by atoms with Gasteiger partial charge in [0.2, 0.25) is 0 Å². The van der Waals surface area contributed by atoms with Crippen LogP contribution in [0.25, 0.3) is 0 Å². The fraction of sp³-hybridized carbons (Fsp3) is 0.615. The number of pyridine rings is 1. The van der Waals surface area contributed by atoms with Crippen molar-refractivity contribution in [2.75, 3.05) is 19.0 Å². The molecule has 0 aliphatic heterocycles. The molecule has 0 spiro atoms. The lowest BCUT2D eigenvalue weighted by molar-refractivity contribution is 0.128. The number of anilines is 1. The monoisotopic (exact) mass is 237 g/mol. The van der Waals surface area contributed by atoms with Crippen LogP contribution in [0.15, 0.2) is 18.3 Å². The number of rotatable bonds is 7. The summed E-state index contributed by atoms with van der Waals surface area (Å²) in [5.74, 6) is 0.900. The summed E-state index contributed by atoms with van der Waals surface area (Å²) in [4.78, 5) is 4.28. The molecule has 0 saturated carbocycles. The highest BCUT2D eigenvalue weighted by Crippen LogP contribution is 2.07. The van der Waals surface area contributed by atoms with Crippen molar-refractivity contribution in [1.82, 2.24) is 10.3 Å². The van der Waals surface area contributed by atoms with Crippen LogP contribution < -0.4 is 10.6 Å². The van der Waals surface area contributed by atoms with Gasteiger partial charge in [0, 0.05) is 32.4 Å². The van der Waals surface area contributed by atoms with Gasteiger partial charge in [-0.2, -0.15) is 0 Å². The lowest BCUT2D eigenvalue weighted by atomic mass is 10.2. The second kappa shape index (κ2) is 7.25. The van der Waals surface area contributed by atoms with Crippen molar-refractivity contribution >= 4 is 5.82 Å². The predicted molar refractivity (Wildman–Crippen MR) is 71.2 cm³/mol. The fourth-order valence-electron chi connectivity index (χ4n) is 1.33. The Balaban J connectivity index is 2.47. The minimum atomic E-state index is 0.189. The van der Waals surface area contributed by atoms with Gasteiger partial charge >= 0.3 is 0 Å². The van der Waals surface area contributed by atoms with Gasteiger partial charge in [-0.3, -0.25) is 0 Å². The topological polar surface area (TPSA) is 46.2 Å². The maximum absolute atomic E-state index is 5.18. The van der Waals surface area contributed by atoms with E-state index >= 15 is 0 Å². The molecule has 4 heteroatoms. The summed E-state index contributed by atoms with van der Waals surface area (Å²) in [6.45, 7) is 7.94.